The van der Waals surface area contributed by atoms with Gasteiger partial charge in [-0.05, 0) is 17.7 Å². The Bertz CT molecular complexity index is 403. The van der Waals surface area contributed by atoms with Crippen LogP contribution in [0.2, 0.25) is 0 Å². The number of nitrogens with one attached hydrogen (secondary N) is 1. The Morgan fingerprint density at radius 3 is 2.50 bits per heavy atom. The minimum absolute atomic E-state index is 0.232. The van der Waals surface area contributed by atoms with Crippen LogP contribution in [0.1, 0.15) is 15.9 Å². The summed E-state index contributed by atoms with van der Waals surface area (Å²) in [6.45, 7) is 1.36. The Morgan fingerprint density at radius 1 is 1.28 bits per heavy atom. The molecule has 1 rings (SSSR count). The first kappa shape index (κ1) is 14.0. The number of benzene rings is 1. The molecule has 98 valence electrons. The van der Waals surface area contributed by atoms with Crippen molar-refractivity contribution in [2.75, 3.05) is 20.3 Å². The summed E-state index contributed by atoms with van der Waals surface area (Å²) in [5.41, 5.74) is 6.34. The van der Waals surface area contributed by atoms with Gasteiger partial charge in [-0.15, -0.1) is 0 Å². The minimum Gasteiger partial charge on any atom is -0.465 e. The number of ether oxygens (including phenoxy) is 2. The van der Waals surface area contributed by atoms with Crippen molar-refractivity contribution in [2.24, 2.45) is 5.73 Å². The smallest absolute Gasteiger partial charge is 0.404 e. The van der Waals surface area contributed by atoms with Crippen LogP contribution in [0.15, 0.2) is 24.3 Å². The van der Waals surface area contributed by atoms with Crippen molar-refractivity contribution in [3.8, 4) is 0 Å². The highest BCUT2D eigenvalue weighted by Gasteiger charge is 2.03. The van der Waals surface area contributed by atoms with E-state index >= 15 is 0 Å². The molecule has 0 heterocycles. The number of primary amides is 1. The Morgan fingerprint density at radius 2 is 1.94 bits per heavy atom. The Kier molecular flexibility index (Phi) is 5.66. The van der Waals surface area contributed by atoms with Crippen molar-refractivity contribution < 1.29 is 19.1 Å². The lowest BCUT2D eigenvalue weighted by Gasteiger charge is -2.05. The molecule has 1 aromatic rings. The number of nitrogens with two attached hydrogens (primary N) is 1. The third kappa shape index (κ3) is 4.84. The topological polar surface area (TPSA) is 90.7 Å². The summed E-state index contributed by atoms with van der Waals surface area (Å²) in [5.74, 6) is -0.357. The zero-order valence-corrected chi connectivity index (χ0v) is 10.1. The van der Waals surface area contributed by atoms with Crippen LogP contribution in [0.5, 0.6) is 0 Å². The normalized spacial score (nSPS) is 9.83. The van der Waals surface area contributed by atoms with E-state index in [1.807, 2.05) is 12.1 Å². The predicted octanol–water partition coefficient (Wildman–Crippen LogP) is 0.658. The third-order valence-electron chi connectivity index (χ3n) is 2.23. The molecule has 0 aliphatic rings. The molecule has 0 aliphatic heterocycles. The second-order valence-corrected chi connectivity index (χ2v) is 3.53. The first-order chi connectivity index (χ1) is 8.63. The zero-order valence-electron chi connectivity index (χ0n) is 10.1. The van der Waals surface area contributed by atoms with Crippen molar-refractivity contribution in [1.29, 1.82) is 0 Å². The number of hydrogen-bond donors (Lipinski definition) is 2. The Hall–Kier alpha value is -2.08. The average Bonchev–Trinajstić information content (AvgIpc) is 2.38. The van der Waals surface area contributed by atoms with E-state index in [1.54, 1.807) is 12.1 Å². The summed E-state index contributed by atoms with van der Waals surface area (Å²) in [7, 11) is 1.34. The first-order valence-corrected chi connectivity index (χ1v) is 5.43. The number of hydrogen-bond acceptors (Lipinski definition) is 5. The standard InChI is InChI=1S/C12H16N2O4/c1-17-11(15)10-4-2-9(3-5-10)8-14-6-7-18-12(13)16/h2-5,14H,6-8H2,1H3,(H2,13,16). The van der Waals surface area contributed by atoms with Gasteiger partial charge in [0.2, 0.25) is 0 Å². The van der Waals surface area contributed by atoms with Crippen molar-refractivity contribution in [3.05, 3.63) is 35.4 Å². The molecule has 0 aromatic heterocycles. The first-order valence-electron chi connectivity index (χ1n) is 5.43. The fraction of sp³-hybridized carbons (Fsp3) is 0.333. The highest BCUT2D eigenvalue weighted by atomic mass is 16.5. The maximum absolute atomic E-state index is 11.2. The molecule has 0 fully saturated rings. The Balaban J connectivity index is 2.31. The van der Waals surface area contributed by atoms with E-state index in [4.69, 9.17) is 5.73 Å². The summed E-state index contributed by atoms with van der Waals surface area (Å²) in [6.07, 6.45) is -0.778. The molecule has 1 aromatic carbocycles. The van der Waals surface area contributed by atoms with Crippen LogP contribution in [-0.4, -0.2) is 32.3 Å². The van der Waals surface area contributed by atoms with Crippen LogP contribution < -0.4 is 11.1 Å². The summed E-state index contributed by atoms with van der Waals surface area (Å²) < 4.78 is 9.16. The molecule has 0 saturated carbocycles. The van der Waals surface area contributed by atoms with Gasteiger partial charge in [-0.3, -0.25) is 0 Å². The van der Waals surface area contributed by atoms with Crippen LogP contribution in [0, 0.1) is 0 Å². The number of carbonyl (C=O) groups excluding carboxylic acids is 2. The van der Waals surface area contributed by atoms with Crippen molar-refractivity contribution >= 4 is 12.1 Å². The van der Waals surface area contributed by atoms with Crippen LogP contribution in [0.25, 0.3) is 0 Å². The van der Waals surface area contributed by atoms with Crippen LogP contribution >= 0.6 is 0 Å². The molecule has 6 heteroatoms. The van der Waals surface area contributed by atoms with Crippen LogP contribution in [-0.2, 0) is 16.0 Å². The van der Waals surface area contributed by atoms with Gasteiger partial charge in [0, 0.05) is 13.1 Å². The molecule has 18 heavy (non-hydrogen) atoms. The van der Waals surface area contributed by atoms with Gasteiger partial charge < -0.3 is 20.5 Å². The maximum Gasteiger partial charge on any atom is 0.404 e. The lowest BCUT2D eigenvalue weighted by molar-refractivity contribution is 0.0600. The van der Waals surface area contributed by atoms with Gasteiger partial charge in [-0.25, -0.2) is 9.59 Å². The summed E-state index contributed by atoms with van der Waals surface area (Å²) in [6, 6.07) is 7.05. The highest BCUT2D eigenvalue weighted by Crippen LogP contribution is 2.05. The number of carbonyl (C=O) groups is 2. The van der Waals surface area contributed by atoms with Gasteiger partial charge in [-0.1, -0.05) is 12.1 Å². The summed E-state index contributed by atoms with van der Waals surface area (Å²) >= 11 is 0. The molecule has 3 N–H and O–H groups in total. The number of amides is 1. The zero-order chi connectivity index (χ0) is 13.4. The van der Waals surface area contributed by atoms with E-state index in [0.717, 1.165) is 5.56 Å². The highest BCUT2D eigenvalue weighted by molar-refractivity contribution is 5.89. The largest absolute Gasteiger partial charge is 0.465 e. The van der Waals surface area contributed by atoms with Crippen LogP contribution in [0.3, 0.4) is 0 Å². The second-order valence-electron chi connectivity index (χ2n) is 3.53. The van der Waals surface area contributed by atoms with Crippen molar-refractivity contribution in [1.82, 2.24) is 5.32 Å². The van der Waals surface area contributed by atoms with Crippen molar-refractivity contribution in [3.63, 3.8) is 0 Å². The van der Waals surface area contributed by atoms with E-state index in [2.05, 4.69) is 14.8 Å². The van der Waals surface area contributed by atoms with E-state index in [0.29, 0.717) is 18.7 Å². The average molecular weight is 252 g/mol. The van der Waals surface area contributed by atoms with Crippen LogP contribution in [0.4, 0.5) is 4.79 Å². The number of esters is 1. The fourth-order valence-electron chi connectivity index (χ4n) is 1.33. The molecule has 0 saturated heterocycles. The molecule has 0 bridgehead atoms. The lowest BCUT2D eigenvalue weighted by Crippen LogP contribution is -2.23. The summed E-state index contributed by atoms with van der Waals surface area (Å²) in [5, 5.41) is 3.07. The SMILES string of the molecule is COC(=O)c1ccc(CNCCOC(N)=O)cc1. The number of methoxy groups -OCH3 is 1. The molecular formula is C12H16N2O4. The summed E-state index contributed by atoms with van der Waals surface area (Å²) in [4.78, 5) is 21.5. The van der Waals surface area contributed by atoms with Gasteiger partial charge in [-0.2, -0.15) is 0 Å². The molecular weight excluding hydrogens is 236 g/mol. The van der Waals surface area contributed by atoms with Gasteiger partial charge in [0.1, 0.15) is 6.61 Å². The van der Waals surface area contributed by atoms with E-state index < -0.39 is 6.09 Å². The molecule has 0 atom stereocenters. The minimum atomic E-state index is -0.778. The molecule has 0 spiro atoms. The van der Waals surface area contributed by atoms with Gasteiger partial charge in [0.15, 0.2) is 0 Å². The molecule has 0 radical (unpaired) electrons. The van der Waals surface area contributed by atoms with Gasteiger partial charge in [0.25, 0.3) is 0 Å². The molecule has 0 aliphatic carbocycles. The van der Waals surface area contributed by atoms with E-state index in [9.17, 15) is 9.59 Å². The van der Waals surface area contributed by atoms with E-state index in [1.165, 1.54) is 7.11 Å². The molecule has 1 amide bonds. The lowest BCUT2D eigenvalue weighted by atomic mass is 10.1. The quantitative estimate of drug-likeness (QED) is 0.573. The third-order valence-corrected chi connectivity index (χ3v) is 2.23. The Labute approximate surface area is 105 Å². The fourth-order valence-corrected chi connectivity index (χ4v) is 1.33. The van der Waals surface area contributed by atoms with Crippen molar-refractivity contribution in [2.45, 2.75) is 6.54 Å². The van der Waals surface area contributed by atoms with E-state index in [-0.39, 0.29) is 12.6 Å². The molecule has 0 unspecified atom stereocenters. The maximum atomic E-state index is 11.2. The number of rotatable bonds is 6. The predicted molar refractivity (Wildman–Crippen MR) is 65.0 cm³/mol. The van der Waals surface area contributed by atoms with Gasteiger partial charge >= 0.3 is 12.1 Å². The van der Waals surface area contributed by atoms with Gasteiger partial charge in [0.05, 0.1) is 12.7 Å². The monoisotopic (exact) mass is 252 g/mol. The second kappa shape index (κ2) is 7.29. The molecule has 6 nitrogen and oxygen atoms in total.